The smallest absolute Gasteiger partial charge is 0.221 e. The van der Waals surface area contributed by atoms with E-state index in [0.29, 0.717) is 19.0 Å². The molecule has 2 heterocycles. The molecular weight excluding hydrogens is 366 g/mol. The van der Waals surface area contributed by atoms with Crippen molar-refractivity contribution < 1.29 is 9.53 Å². The lowest BCUT2D eigenvalue weighted by Crippen LogP contribution is -2.36. The third-order valence-corrected chi connectivity index (χ3v) is 5.39. The summed E-state index contributed by atoms with van der Waals surface area (Å²) in [6, 6.07) is 8.14. The van der Waals surface area contributed by atoms with Crippen molar-refractivity contribution in [2.45, 2.75) is 44.6 Å². The molecule has 1 fully saturated rings. The van der Waals surface area contributed by atoms with E-state index in [9.17, 15) is 4.79 Å². The van der Waals surface area contributed by atoms with Gasteiger partial charge in [0.25, 0.3) is 0 Å². The predicted octanol–water partition coefficient (Wildman–Crippen LogP) is 3.66. The zero-order valence-corrected chi connectivity index (χ0v) is 16.7. The van der Waals surface area contributed by atoms with Crippen LogP contribution in [0, 0.1) is 0 Å². The van der Waals surface area contributed by atoms with E-state index in [1.165, 1.54) is 19.3 Å². The first-order chi connectivity index (χ1) is 14.2. The number of rotatable bonds is 7. The normalized spacial score (nSPS) is 14.7. The number of ether oxygens (including phenoxy) is 1. The number of hydrogen-bond donors (Lipinski definition) is 2. The Morgan fingerprint density at radius 2 is 2.14 bits per heavy atom. The van der Waals surface area contributed by atoms with E-state index in [-0.39, 0.29) is 5.91 Å². The summed E-state index contributed by atoms with van der Waals surface area (Å²) in [5.74, 6) is 1.72. The molecule has 152 valence electrons. The number of carbonyl (C=O) groups is 1. The molecule has 7 nitrogen and oxygen atoms in total. The standard InChI is InChI=1S/C22H27N5O2/c1-29-18-9-5-6-16(14-18)21-22(27-13-12-23-15-19(27)26-21)24-11-10-20(28)25-17-7-3-2-4-8-17/h5-6,9,12-15,17,24H,2-4,7-8,10-11H2,1H3,(H,25,28). The Morgan fingerprint density at radius 1 is 1.28 bits per heavy atom. The summed E-state index contributed by atoms with van der Waals surface area (Å²) < 4.78 is 7.31. The van der Waals surface area contributed by atoms with Gasteiger partial charge in [0.1, 0.15) is 17.3 Å². The molecule has 0 bridgehead atoms. The third-order valence-electron chi connectivity index (χ3n) is 5.39. The molecule has 0 saturated heterocycles. The Kier molecular flexibility index (Phi) is 5.93. The van der Waals surface area contributed by atoms with Gasteiger partial charge in [0.15, 0.2) is 5.65 Å². The molecule has 2 N–H and O–H groups in total. The first-order valence-electron chi connectivity index (χ1n) is 10.2. The lowest BCUT2D eigenvalue weighted by Gasteiger charge is -2.22. The van der Waals surface area contributed by atoms with Crippen molar-refractivity contribution in [3.05, 3.63) is 42.9 Å². The van der Waals surface area contributed by atoms with Crippen LogP contribution in [0.4, 0.5) is 5.82 Å². The van der Waals surface area contributed by atoms with Crippen LogP contribution in [0.3, 0.4) is 0 Å². The summed E-state index contributed by atoms with van der Waals surface area (Å²) in [4.78, 5) is 21.2. The number of nitrogens with zero attached hydrogens (tertiary/aromatic N) is 3. The molecule has 3 aromatic rings. The Morgan fingerprint density at radius 3 is 2.97 bits per heavy atom. The maximum atomic E-state index is 12.3. The average Bonchev–Trinajstić information content (AvgIpc) is 3.13. The maximum Gasteiger partial charge on any atom is 0.221 e. The van der Waals surface area contributed by atoms with Gasteiger partial charge in [-0.25, -0.2) is 4.98 Å². The number of carbonyl (C=O) groups excluding carboxylic acids is 1. The second-order valence-electron chi connectivity index (χ2n) is 7.42. The Balaban J connectivity index is 1.49. The molecular formula is C22H27N5O2. The number of nitrogens with one attached hydrogen (secondary N) is 2. The van der Waals surface area contributed by atoms with E-state index in [4.69, 9.17) is 9.72 Å². The predicted molar refractivity (Wildman–Crippen MR) is 113 cm³/mol. The number of benzene rings is 1. The van der Waals surface area contributed by atoms with E-state index in [1.807, 2.05) is 34.9 Å². The quantitative estimate of drug-likeness (QED) is 0.640. The second-order valence-corrected chi connectivity index (χ2v) is 7.42. The fourth-order valence-corrected chi connectivity index (χ4v) is 3.89. The minimum atomic E-state index is 0.0998. The van der Waals surface area contributed by atoms with Gasteiger partial charge in [0.2, 0.25) is 5.91 Å². The van der Waals surface area contributed by atoms with E-state index >= 15 is 0 Å². The van der Waals surface area contributed by atoms with Crippen molar-refractivity contribution in [2.75, 3.05) is 19.0 Å². The van der Waals surface area contributed by atoms with Crippen molar-refractivity contribution in [1.82, 2.24) is 19.7 Å². The molecule has 1 aromatic carbocycles. The van der Waals surface area contributed by atoms with Crippen molar-refractivity contribution in [3.63, 3.8) is 0 Å². The molecule has 1 aliphatic rings. The highest BCUT2D eigenvalue weighted by molar-refractivity contribution is 5.79. The molecule has 7 heteroatoms. The first-order valence-corrected chi connectivity index (χ1v) is 10.2. The molecule has 0 atom stereocenters. The largest absolute Gasteiger partial charge is 0.497 e. The number of amides is 1. The molecule has 1 amide bonds. The maximum absolute atomic E-state index is 12.3. The van der Waals surface area contributed by atoms with E-state index in [1.54, 1.807) is 19.5 Å². The van der Waals surface area contributed by atoms with Crippen molar-refractivity contribution in [2.24, 2.45) is 0 Å². The van der Waals surface area contributed by atoms with Crippen molar-refractivity contribution in [3.8, 4) is 17.0 Å². The topological polar surface area (TPSA) is 80.6 Å². The van der Waals surface area contributed by atoms with Crippen LogP contribution in [0.2, 0.25) is 0 Å². The Labute approximate surface area is 170 Å². The van der Waals surface area contributed by atoms with Crippen LogP contribution in [0.15, 0.2) is 42.9 Å². The number of aromatic nitrogens is 3. The van der Waals surface area contributed by atoms with Crippen LogP contribution in [-0.2, 0) is 4.79 Å². The van der Waals surface area contributed by atoms with Gasteiger partial charge in [-0.15, -0.1) is 0 Å². The minimum Gasteiger partial charge on any atom is -0.497 e. The van der Waals surface area contributed by atoms with Crippen LogP contribution in [-0.4, -0.2) is 40.0 Å². The van der Waals surface area contributed by atoms with Crippen LogP contribution in [0.5, 0.6) is 5.75 Å². The zero-order valence-electron chi connectivity index (χ0n) is 16.7. The summed E-state index contributed by atoms with van der Waals surface area (Å²) in [6.45, 7) is 0.533. The Bertz CT molecular complexity index is 978. The molecule has 0 unspecified atom stereocenters. The molecule has 4 rings (SSSR count). The summed E-state index contributed by atoms with van der Waals surface area (Å²) >= 11 is 0. The van der Waals surface area contributed by atoms with E-state index < -0.39 is 0 Å². The van der Waals surface area contributed by atoms with Gasteiger partial charge in [0, 0.05) is 37.0 Å². The van der Waals surface area contributed by atoms with Gasteiger partial charge in [-0.3, -0.25) is 14.2 Å². The summed E-state index contributed by atoms with van der Waals surface area (Å²) in [6.07, 6.45) is 11.6. The van der Waals surface area contributed by atoms with Gasteiger partial charge in [0.05, 0.1) is 13.3 Å². The lowest BCUT2D eigenvalue weighted by molar-refractivity contribution is -0.121. The highest BCUT2D eigenvalue weighted by Gasteiger charge is 2.17. The lowest BCUT2D eigenvalue weighted by atomic mass is 9.95. The molecule has 0 spiro atoms. The average molecular weight is 393 g/mol. The van der Waals surface area contributed by atoms with Crippen LogP contribution >= 0.6 is 0 Å². The van der Waals surface area contributed by atoms with Gasteiger partial charge >= 0.3 is 0 Å². The number of hydrogen-bond acceptors (Lipinski definition) is 5. The molecule has 1 aliphatic carbocycles. The van der Waals surface area contributed by atoms with Gasteiger partial charge in [-0.1, -0.05) is 31.4 Å². The van der Waals surface area contributed by atoms with E-state index in [2.05, 4.69) is 15.6 Å². The minimum absolute atomic E-state index is 0.0998. The molecule has 1 saturated carbocycles. The second kappa shape index (κ2) is 8.94. The Hall–Kier alpha value is -3.09. The van der Waals surface area contributed by atoms with Gasteiger partial charge in [-0.05, 0) is 25.0 Å². The van der Waals surface area contributed by atoms with Crippen LogP contribution in [0.1, 0.15) is 38.5 Å². The van der Waals surface area contributed by atoms with Crippen LogP contribution in [0.25, 0.3) is 16.9 Å². The monoisotopic (exact) mass is 393 g/mol. The number of methoxy groups -OCH3 is 1. The van der Waals surface area contributed by atoms with Gasteiger partial charge < -0.3 is 15.4 Å². The van der Waals surface area contributed by atoms with Gasteiger partial charge in [-0.2, -0.15) is 0 Å². The summed E-state index contributed by atoms with van der Waals surface area (Å²) in [7, 11) is 1.65. The van der Waals surface area contributed by atoms with Crippen LogP contribution < -0.4 is 15.4 Å². The molecule has 0 radical (unpaired) electrons. The fraction of sp³-hybridized carbons (Fsp3) is 0.409. The molecule has 2 aromatic heterocycles. The fourth-order valence-electron chi connectivity index (χ4n) is 3.89. The highest BCUT2D eigenvalue weighted by atomic mass is 16.5. The number of anilines is 1. The molecule has 0 aliphatic heterocycles. The highest BCUT2D eigenvalue weighted by Crippen LogP contribution is 2.30. The van der Waals surface area contributed by atoms with Crippen molar-refractivity contribution >= 4 is 17.4 Å². The molecule has 29 heavy (non-hydrogen) atoms. The van der Waals surface area contributed by atoms with Crippen molar-refractivity contribution in [1.29, 1.82) is 0 Å². The summed E-state index contributed by atoms with van der Waals surface area (Å²) in [5, 5.41) is 6.58. The summed E-state index contributed by atoms with van der Waals surface area (Å²) in [5.41, 5.74) is 2.51. The number of imidazole rings is 1. The SMILES string of the molecule is COc1cccc(-c2nc3cnccn3c2NCCC(=O)NC2CCCCC2)c1. The number of fused-ring (bicyclic) bond motifs is 1. The van der Waals surface area contributed by atoms with E-state index in [0.717, 1.165) is 41.3 Å². The zero-order chi connectivity index (χ0) is 20.1. The first kappa shape index (κ1) is 19.2. The third kappa shape index (κ3) is 4.50.